The summed E-state index contributed by atoms with van der Waals surface area (Å²) in [5.74, 6) is -2.11. The molecule has 158 valence electrons. The summed E-state index contributed by atoms with van der Waals surface area (Å²) in [6.07, 6.45) is 1.29. The van der Waals surface area contributed by atoms with E-state index in [1.165, 1.54) is 50.3 Å². The van der Waals surface area contributed by atoms with Gasteiger partial charge >= 0.3 is 17.9 Å². The van der Waals surface area contributed by atoms with Crippen molar-refractivity contribution in [1.82, 2.24) is 0 Å². The number of nitro benzene ring substituents is 1. The number of halogens is 1. The second kappa shape index (κ2) is 8.76. The van der Waals surface area contributed by atoms with Crippen LogP contribution in [0.2, 0.25) is 5.02 Å². The maximum absolute atomic E-state index is 12.3. The number of cyclic esters (lactones) is 1. The minimum absolute atomic E-state index is 0.0172. The van der Waals surface area contributed by atoms with Gasteiger partial charge in [0.15, 0.2) is 5.70 Å². The summed E-state index contributed by atoms with van der Waals surface area (Å²) in [7, 11) is 0. The highest BCUT2D eigenvalue weighted by atomic mass is 35.5. The Morgan fingerprint density at radius 1 is 1.13 bits per heavy atom. The first-order valence-electron chi connectivity index (χ1n) is 8.62. The second-order valence-corrected chi connectivity index (χ2v) is 6.55. The maximum atomic E-state index is 12.3. The van der Waals surface area contributed by atoms with Gasteiger partial charge in [-0.25, -0.2) is 9.79 Å². The Balaban J connectivity index is 2.02. The van der Waals surface area contributed by atoms with Crippen molar-refractivity contribution < 1.29 is 33.5 Å². The standard InChI is InChI=1S/C20H13ClN2O8/c1-10(24)29-14-5-3-12(18(9-14)30-11(2)25)7-17-20(26)31-19(22-17)15-8-13(23(27)28)4-6-16(15)21/h3-9H,1-2H3. The molecule has 3 rings (SSSR count). The van der Waals surface area contributed by atoms with Crippen molar-refractivity contribution in [3.63, 3.8) is 0 Å². The summed E-state index contributed by atoms with van der Waals surface area (Å²) >= 11 is 6.06. The predicted octanol–water partition coefficient (Wildman–Crippen LogP) is 3.44. The van der Waals surface area contributed by atoms with Crippen LogP contribution in [0.25, 0.3) is 6.08 Å². The molecule has 0 N–H and O–H groups in total. The van der Waals surface area contributed by atoms with Gasteiger partial charge in [-0.3, -0.25) is 19.7 Å². The van der Waals surface area contributed by atoms with E-state index in [9.17, 15) is 24.5 Å². The van der Waals surface area contributed by atoms with Crippen LogP contribution in [0.15, 0.2) is 47.1 Å². The molecule has 1 aliphatic heterocycles. The lowest BCUT2D eigenvalue weighted by Gasteiger charge is -2.08. The molecule has 0 bridgehead atoms. The van der Waals surface area contributed by atoms with Gasteiger partial charge in [0.2, 0.25) is 5.90 Å². The van der Waals surface area contributed by atoms with Crippen LogP contribution in [0, 0.1) is 10.1 Å². The topological polar surface area (TPSA) is 134 Å². The van der Waals surface area contributed by atoms with Crippen LogP contribution >= 0.6 is 11.6 Å². The fourth-order valence-electron chi connectivity index (χ4n) is 2.57. The molecule has 2 aromatic rings. The first kappa shape index (κ1) is 21.7. The molecule has 0 saturated carbocycles. The van der Waals surface area contributed by atoms with E-state index in [0.717, 1.165) is 6.07 Å². The van der Waals surface area contributed by atoms with Gasteiger partial charge < -0.3 is 14.2 Å². The van der Waals surface area contributed by atoms with Crippen molar-refractivity contribution >= 4 is 47.2 Å². The molecular weight excluding hydrogens is 432 g/mol. The number of benzene rings is 2. The minimum atomic E-state index is -0.838. The van der Waals surface area contributed by atoms with Crippen molar-refractivity contribution in [2.75, 3.05) is 0 Å². The monoisotopic (exact) mass is 444 g/mol. The highest BCUT2D eigenvalue weighted by molar-refractivity contribution is 6.34. The highest BCUT2D eigenvalue weighted by Crippen LogP contribution is 2.31. The molecule has 2 aromatic carbocycles. The van der Waals surface area contributed by atoms with Crippen molar-refractivity contribution in [2.45, 2.75) is 13.8 Å². The van der Waals surface area contributed by atoms with Gasteiger partial charge in [0.25, 0.3) is 5.69 Å². The summed E-state index contributed by atoms with van der Waals surface area (Å²) in [4.78, 5) is 49.3. The number of carbonyl (C=O) groups is 3. The molecule has 0 spiro atoms. The van der Waals surface area contributed by atoms with Gasteiger partial charge in [-0.05, 0) is 24.3 Å². The van der Waals surface area contributed by atoms with Crippen molar-refractivity contribution in [3.8, 4) is 11.5 Å². The summed E-state index contributed by atoms with van der Waals surface area (Å²) in [6, 6.07) is 7.82. The number of aliphatic imine (C=N–C) groups is 1. The van der Waals surface area contributed by atoms with Gasteiger partial charge in [0.1, 0.15) is 11.5 Å². The maximum Gasteiger partial charge on any atom is 0.363 e. The summed E-state index contributed by atoms with van der Waals surface area (Å²) in [5.41, 5.74) is -0.0776. The first-order valence-corrected chi connectivity index (χ1v) is 8.99. The van der Waals surface area contributed by atoms with Crippen molar-refractivity contribution in [2.24, 2.45) is 4.99 Å². The number of hydrogen-bond acceptors (Lipinski definition) is 9. The van der Waals surface area contributed by atoms with Crippen molar-refractivity contribution in [3.05, 3.63) is 68.4 Å². The van der Waals surface area contributed by atoms with E-state index >= 15 is 0 Å². The van der Waals surface area contributed by atoms with Crippen LogP contribution in [-0.4, -0.2) is 28.7 Å². The third kappa shape index (κ3) is 5.11. The summed E-state index contributed by atoms with van der Waals surface area (Å²) in [5, 5.41) is 11.1. The zero-order valence-electron chi connectivity index (χ0n) is 16.1. The molecule has 0 radical (unpaired) electrons. The molecule has 31 heavy (non-hydrogen) atoms. The molecule has 0 saturated heterocycles. The largest absolute Gasteiger partial charge is 0.427 e. The molecule has 11 heteroatoms. The number of nitro groups is 1. The predicted molar refractivity (Wildman–Crippen MR) is 108 cm³/mol. The van der Waals surface area contributed by atoms with Crippen LogP contribution < -0.4 is 9.47 Å². The van der Waals surface area contributed by atoms with Crippen LogP contribution in [0.4, 0.5) is 5.69 Å². The fraction of sp³-hybridized carbons (Fsp3) is 0.100. The number of non-ortho nitro benzene ring substituents is 1. The SMILES string of the molecule is CC(=O)Oc1ccc(C=C2N=C(c3cc([N+](=O)[O-])ccc3Cl)OC2=O)c(OC(C)=O)c1. The van der Waals surface area contributed by atoms with Gasteiger partial charge in [-0.15, -0.1) is 0 Å². The number of carbonyl (C=O) groups excluding carboxylic acids is 3. The van der Waals surface area contributed by atoms with E-state index in [2.05, 4.69) is 4.99 Å². The van der Waals surface area contributed by atoms with Gasteiger partial charge in [0.05, 0.1) is 15.5 Å². The third-order valence-electron chi connectivity index (χ3n) is 3.80. The fourth-order valence-corrected chi connectivity index (χ4v) is 2.77. The Kier molecular flexibility index (Phi) is 6.12. The third-order valence-corrected chi connectivity index (χ3v) is 4.13. The normalized spacial score (nSPS) is 14.1. The Bertz CT molecular complexity index is 1190. The Hall–Kier alpha value is -4.05. The van der Waals surface area contributed by atoms with E-state index in [1.807, 2.05) is 0 Å². The van der Waals surface area contributed by atoms with Crippen molar-refractivity contribution in [1.29, 1.82) is 0 Å². The van der Waals surface area contributed by atoms with Crippen LogP contribution in [-0.2, 0) is 19.1 Å². The van der Waals surface area contributed by atoms with E-state index in [-0.39, 0.29) is 44.9 Å². The molecule has 0 amide bonds. The molecular formula is C20H13ClN2O8. The lowest BCUT2D eigenvalue weighted by molar-refractivity contribution is -0.384. The molecule has 1 heterocycles. The van der Waals surface area contributed by atoms with E-state index in [1.54, 1.807) is 0 Å². The number of nitrogens with zero attached hydrogens (tertiary/aromatic N) is 2. The van der Waals surface area contributed by atoms with Gasteiger partial charge in [0, 0.05) is 37.6 Å². The molecule has 10 nitrogen and oxygen atoms in total. The van der Waals surface area contributed by atoms with Crippen LogP contribution in [0.3, 0.4) is 0 Å². The van der Waals surface area contributed by atoms with E-state index in [0.29, 0.717) is 0 Å². The molecule has 0 atom stereocenters. The first-order chi connectivity index (χ1) is 14.6. The second-order valence-electron chi connectivity index (χ2n) is 6.14. The molecule has 0 aliphatic carbocycles. The quantitative estimate of drug-likeness (QED) is 0.225. The Morgan fingerprint density at radius 3 is 2.48 bits per heavy atom. The molecule has 0 unspecified atom stereocenters. The Labute approximate surface area is 179 Å². The summed E-state index contributed by atoms with van der Waals surface area (Å²) in [6.45, 7) is 2.39. The van der Waals surface area contributed by atoms with Gasteiger partial charge in [-0.1, -0.05) is 11.6 Å². The average molecular weight is 445 g/mol. The minimum Gasteiger partial charge on any atom is -0.427 e. The zero-order valence-corrected chi connectivity index (χ0v) is 16.8. The zero-order chi connectivity index (χ0) is 22.7. The van der Waals surface area contributed by atoms with Gasteiger partial charge in [-0.2, -0.15) is 0 Å². The number of rotatable bonds is 5. The highest BCUT2D eigenvalue weighted by Gasteiger charge is 2.27. The molecule has 0 aromatic heterocycles. The average Bonchev–Trinajstić information content (AvgIpc) is 3.03. The lowest BCUT2D eigenvalue weighted by Crippen LogP contribution is -2.07. The van der Waals surface area contributed by atoms with E-state index in [4.69, 9.17) is 25.8 Å². The summed E-state index contributed by atoms with van der Waals surface area (Å²) < 4.78 is 15.2. The number of esters is 3. The molecule has 0 fully saturated rings. The smallest absolute Gasteiger partial charge is 0.363 e. The van der Waals surface area contributed by atoms with Crippen LogP contribution in [0.5, 0.6) is 11.5 Å². The number of hydrogen-bond donors (Lipinski definition) is 0. The Morgan fingerprint density at radius 2 is 1.84 bits per heavy atom. The number of ether oxygens (including phenoxy) is 3. The lowest BCUT2D eigenvalue weighted by atomic mass is 10.1. The van der Waals surface area contributed by atoms with E-state index < -0.39 is 22.8 Å². The van der Waals surface area contributed by atoms with Crippen LogP contribution in [0.1, 0.15) is 25.0 Å². The molecule has 1 aliphatic rings.